The van der Waals surface area contributed by atoms with Crippen LogP contribution in [-0.4, -0.2) is 65.1 Å². The van der Waals surface area contributed by atoms with Gasteiger partial charge in [-0.05, 0) is 30.5 Å². The number of benzene rings is 1. The van der Waals surface area contributed by atoms with E-state index in [2.05, 4.69) is 10.2 Å². The summed E-state index contributed by atoms with van der Waals surface area (Å²) in [6.07, 6.45) is 1.08. The molecule has 2 N–H and O–H groups in total. The summed E-state index contributed by atoms with van der Waals surface area (Å²) in [5.41, 5.74) is 2.69. The summed E-state index contributed by atoms with van der Waals surface area (Å²) in [7, 11) is 3.20. The average Bonchev–Trinajstić information content (AvgIpc) is 3.10. The van der Waals surface area contributed by atoms with Gasteiger partial charge in [0.15, 0.2) is 0 Å². The van der Waals surface area contributed by atoms with E-state index in [-0.39, 0.29) is 18.1 Å². The van der Waals surface area contributed by atoms with Crippen LogP contribution in [0.3, 0.4) is 0 Å². The number of imidazole rings is 1. The van der Waals surface area contributed by atoms with Gasteiger partial charge in [0, 0.05) is 50.4 Å². The molecule has 0 bridgehead atoms. The number of hydrogen-bond acceptors (Lipinski definition) is 6. The van der Waals surface area contributed by atoms with Crippen LogP contribution >= 0.6 is 23.2 Å². The number of alkyl halides is 2. The van der Waals surface area contributed by atoms with Crippen molar-refractivity contribution in [1.82, 2.24) is 14.9 Å². The summed E-state index contributed by atoms with van der Waals surface area (Å²) in [6.45, 7) is 5.29. The zero-order chi connectivity index (χ0) is 24.5. The SMILES string of the molecule is COC(=O)[C@H](CC(C)C)NC(=O)C(=N)CCc1nc2cc(N(CCCl)CCCl)ccc2n1C. The van der Waals surface area contributed by atoms with Gasteiger partial charge in [0.05, 0.1) is 23.9 Å². The molecule has 1 heterocycles. The quantitative estimate of drug-likeness (QED) is 0.250. The molecule has 1 aromatic carbocycles. The Balaban J connectivity index is 2.09. The number of aryl methyl sites for hydroxylation is 2. The van der Waals surface area contributed by atoms with Gasteiger partial charge in [0.1, 0.15) is 11.9 Å². The number of esters is 1. The van der Waals surface area contributed by atoms with Gasteiger partial charge in [0.2, 0.25) is 0 Å². The molecule has 10 heteroatoms. The van der Waals surface area contributed by atoms with Gasteiger partial charge in [0.25, 0.3) is 5.91 Å². The lowest BCUT2D eigenvalue weighted by atomic mass is 10.0. The third kappa shape index (κ3) is 7.33. The van der Waals surface area contributed by atoms with Crippen molar-refractivity contribution in [1.29, 1.82) is 5.41 Å². The highest BCUT2D eigenvalue weighted by atomic mass is 35.5. The summed E-state index contributed by atoms with van der Waals surface area (Å²) in [4.78, 5) is 31.3. The first-order valence-electron chi connectivity index (χ1n) is 11.0. The predicted octanol–water partition coefficient (Wildman–Crippen LogP) is 3.51. The smallest absolute Gasteiger partial charge is 0.328 e. The van der Waals surface area contributed by atoms with Crippen LogP contribution in [0.25, 0.3) is 11.0 Å². The zero-order valence-electron chi connectivity index (χ0n) is 19.7. The number of fused-ring (bicyclic) bond motifs is 1. The Labute approximate surface area is 205 Å². The van der Waals surface area contributed by atoms with Crippen LogP contribution in [0.4, 0.5) is 5.69 Å². The third-order valence-electron chi connectivity index (χ3n) is 5.40. The molecule has 0 radical (unpaired) electrons. The highest BCUT2D eigenvalue weighted by molar-refractivity contribution is 6.37. The summed E-state index contributed by atoms with van der Waals surface area (Å²) in [5.74, 6) is 0.894. The molecule has 2 rings (SSSR count). The van der Waals surface area contributed by atoms with Gasteiger partial charge in [-0.15, -0.1) is 23.2 Å². The van der Waals surface area contributed by atoms with Crippen molar-refractivity contribution in [2.24, 2.45) is 13.0 Å². The van der Waals surface area contributed by atoms with Gasteiger partial charge >= 0.3 is 5.97 Å². The molecule has 1 atom stereocenters. The first-order chi connectivity index (χ1) is 15.7. The number of hydrogen-bond donors (Lipinski definition) is 2. The predicted molar refractivity (Wildman–Crippen MR) is 134 cm³/mol. The molecule has 2 aromatic rings. The first-order valence-corrected chi connectivity index (χ1v) is 12.1. The topological polar surface area (TPSA) is 100 Å². The van der Waals surface area contributed by atoms with Crippen LogP contribution in [0.15, 0.2) is 18.2 Å². The Morgan fingerprint density at radius 3 is 2.48 bits per heavy atom. The third-order valence-corrected chi connectivity index (χ3v) is 5.74. The minimum atomic E-state index is -0.763. The number of carbonyl (C=O) groups excluding carboxylic acids is 2. The Morgan fingerprint density at radius 2 is 1.91 bits per heavy atom. The fourth-order valence-electron chi connectivity index (χ4n) is 3.66. The number of anilines is 1. The van der Waals surface area contributed by atoms with Gasteiger partial charge in [-0.2, -0.15) is 0 Å². The molecular formula is C23H33Cl2N5O3. The molecule has 0 aliphatic carbocycles. The number of carbonyl (C=O) groups is 2. The number of nitrogens with zero attached hydrogens (tertiary/aromatic N) is 3. The molecule has 1 amide bonds. The second-order valence-electron chi connectivity index (χ2n) is 8.28. The van der Waals surface area contributed by atoms with Crippen LogP contribution in [0.5, 0.6) is 0 Å². The molecule has 0 fully saturated rings. The van der Waals surface area contributed by atoms with E-state index in [1.54, 1.807) is 0 Å². The summed E-state index contributed by atoms with van der Waals surface area (Å²) >= 11 is 11.8. The molecule has 0 unspecified atom stereocenters. The van der Waals surface area contributed by atoms with Crippen LogP contribution in [0, 0.1) is 11.3 Å². The van der Waals surface area contributed by atoms with Crippen LogP contribution < -0.4 is 10.2 Å². The van der Waals surface area contributed by atoms with Gasteiger partial charge < -0.3 is 19.5 Å². The van der Waals surface area contributed by atoms with Crippen molar-refractivity contribution in [2.45, 2.75) is 39.2 Å². The Hall–Kier alpha value is -2.32. The lowest BCUT2D eigenvalue weighted by Crippen LogP contribution is -2.45. The second-order valence-corrected chi connectivity index (χ2v) is 9.04. The van der Waals surface area contributed by atoms with Crippen LogP contribution in [0.2, 0.25) is 0 Å². The number of methoxy groups -OCH3 is 1. The van der Waals surface area contributed by atoms with E-state index in [0.717, 1.165) is 22.5 Å². The zero-order valence-corrected chi connectivity index (χ0v) is 21.2. The number of rotatable bonds is 13. The second kappa shape index (κ2) is 12.8. The summed E-state index contributed by atoms with van der Waals surface area (Å²) in [6, 6.07) is 5.26. The molecule has 33 heavy (non-hydrogen) atoms. The molecule has 8 nitrogen and oxygen atoms in total. The maximum atomic E-state index is 12.5. The van der Waals surface area contributed by atoms with Crippen LogP contribution in [0.1, 0.15) is 32.5 Å². The van der Waals surface area contributed by atoms with E-state index in [1.165, 1.54) is 7.11 Å². The van der Waals surface area contributed by atoms with E-state index in [4.69, 9.17) is 38.3 Å². The fourth-order valence-corrected chi connectivity index (χ4v) is 4.06. The van der Waals surface area contributed by atoms with Gasteiger partial charge in [-0.1, -0.05) is 13.8 Å². The van der Waals surface area contributed by atoms with Gasteiger partial charge in [-0.25, -0.2) is 9.78 Å². The Morgan fingerprint density at radius 1 is 1.24 bits per heavy atom. The number of ether oxygens (including phenoxy) is 1. The van der Waals surface area contributed by atoms with Crippen molar-refractivity contribution in [3.05, 3.63) is 24.0 Å². The molecule has 0 saturated heterocycles. The molecular weight excluding hydrogens is 465 g/mol. The van der Waals surface area contributed by atoms with E-state index in [9.17, 15) is 9.59 Å². The number of halogens is 2. The molecule has 0 aliphatic rings. The van der Waals surface area contributed by atoms with E-state index < -0.39 is 17.9 Å². The normalized spacial score (nSPS) is 12.1. The minimum Gasteiger partial charge on any atom is -0.467 e. The Kier molecular flexibility index (Phi) is 10.4. The molecule has 0 saturated carbocycles. The van der Waals surface area contributed by atoms with Crippen molar-refractivity contribution in [3.8, 4) is 0 Å². The monoisotopic (exact) mass is 497 g/mol. The molecule has 182 valence electrons. The van der Waals surface area contributed by atoms with E-state index >= 15 is 0 Å². The maximum Gasteiger partial charge on any atom is 0.328 e. The number of aromatic nitrogens is 2. The molecule has 1 aromatic heterocycles. The average molecular weight is 498 g/mol. The largest absolute Gasteiger partial charge is 0.467 e. The minimum absolute atomic E-state index is 0.101. The highest BCUT2D eigenvalue weighted by Crippen LogP contribution is 2.23. The number of nitrogens with one attached hydrogen (secondary N) is 2. The first kappa shape index (κ1) is 26.9. The van der Waals surface area contributed by atoms with Crippen molar-refractivity contribution in [2.75, 3.05) is 36.9 Å². The number of amides is 1. The lowest BCUT2D eigenvalue weighted by Gasteiger charge is -2.22. The van der Waals surface area contributed by atoms with E-state index in [1.807, 2.05) is 43.7 Å². The van der Waals surface area contributed by atoms with Crippen molar-refractivity contribution in [3.63, 3.8) is 0 Å². The van der Waals surface area contributed by atoms with Crippen LogP contribution in [-0.2, 0) is 27.8 Å². The fraction of sp³-hybridized carbons (Fsp3) is 0.565. The molecule has 0 aliphatic heterocycles. The standard InChI is InChI=1S/C23H33Cl2N5O3/c1-15(2)13-19(23(32)33-4)28-22(31)17(26)6-8-21-27-18-14-16(5-7-20(18)29(21)3)30(11-9-24)12-10-25/h5,7,14-15,19,26H,6,8-13H2,1-4H3,(H,28,31)/t19-/m0/s1. The highest BCUT2D eigenvalue weighted by Gasteiger charge is 2.24. The summed E-state index contributed by atoms with van der Waals surface area (Å²) in [5, 5.41) is 10.8. The van der Waals surface area contributed by atoms with Crippen molar-refractivity contribution >= 4 is 57.5 Å². The Bertz CT molecular complexity index is 970. The molecule has 0 spiro atoms. The van der Waals surface area contributed by atoms with Crippen molar-refractivity contribution < 1.29 is 14.3 Å². The maximum absolute atomic E-state index is 12.5. The van der Waals surface area contributed by atoms with E-state index in [0.29, 0.717) is 37.7 Å². The van der Waals surface area contributed by atoms with Gasteiger partial charge in [-0.3, -0.25) is 10.2 Å². The lowest BCUT2D eigenvalue weighted by molar-refractivity contribution is -0.144. The summed E-state index contributed by atoms with van der Waals surface area (Å²) < 4.78 is 6.74.